The van der Waals surface area contributed by atoms with E-state index in [4.69, 9.17) is 9.47 Å². The minimum atomic E-state index is -4.46. The van der Waals surface area contributed by atoms with Crippen molar-refractivity contribution in [3.63, 3.8) is 0 Å². The Morgan fingerprint density at radius 2 is 1.97 bits per heavy atom. The number of ether oxygens (including phenoxy) is 2. The summed E-state index contributed by atoms with van der Waals surface area (Å²) in [7, 11) is 3.25. The molecule has 0 fully saturated rings. The number of pyridine rings is 1. The van der Waals surface area contributed by atoms with E-state index >= 15 is 0 Å². The second-order valence-electron chi connectivity index (χ2n) is 6.17. The van der Waals surface area contributed by atoms with Crippen molar-refractivity contribution in [2.24, 2.45) is 4.99 Å². The summed E-state index contributed by atoms with van der Waals surface area (Å²) in [6, 6.07) is 9.64. The van der Waals surface area contributed by atoms with Gasteiger partial charge >= 0.3 is 6.18 Å². The average molecular weight is 425 g/mol. The molecule has 0 unspecified atom stereocenters. The minimum Gasteiger partial charge on any atom is -0.493 e. The highest BCUT2D eigenvalue weighted by atomic mass is 19.4. The number of hydrogen-bond donors (Lipinski definition) is 3. The third-order valence-electron chi connectivity index (χ3n) is 3.90. The van der Waals surface area contributed by atoms with Gasteiger partial charge in [-0.2, -0.15) is 13.2 Å². The van der Waals surface area contributed by atoms with E-state index < -0.39 is 11.7 Å². The number of anilines is 2. The third-order valence-corrected chi connectivity index (χ3v) is 3.90. The Balaban J connectivity index is 1.82. The Labute approximate surface area is 173 Å². The van der Waals surface area contributed by atoms with Crippen LogP contribution in [-0.4, -0.2) is 51.4 Å². The molecule has 2 aromatic rings. The molecule has 2 rings (SSSR count). The monoisotopic (exact) mass is 425 g/mol. The molecule has 164 valence electrons. The molecule has 7 nitrogen and oxygen atoms in total. The van der Waals surface area contributed by atoms with E-state index in [9.17, 15) is 13.2 Å². The smallest absolute Gasteiger partial charge is 0.419 e. The summed E-state index contributed by atoms with van der Waals surface area (Å²) >= 11 is 0. The maximum Gasteiger partial charge on any atom is 0.419 e. The van der Waals surface area contributed by atoms with Crippen molar-refractivity contribution >= 4 is 17.5 Å². The number of hydrogen-bond acceptors (Lipinski definition) is 5. The fourth-order valence-electron chi connectivity index (χ4n) is 2.51. The van der Waals surface area contributed by atoms with Gasteiger partial charge in [-0.3, -0.25) is 4.99 Å². The van der Waals surface area contributed by atoms with Gasteiger partial charge in [0, 0.05) is 58.2 Å². The van der Waals surface area contributed by atoms with E-state index in [1.807, 2.05) is 24.3 Å². The van der Waals surface area contributed by atoms with Crippen LogP contribution < -0.4 is 20.7 Å². The Hall–Kier alpha value is -3.01. The number of alkyl halides is 3. The number of benzene rings is 1. The molecule has 0 spiro atoms. The highest BCUT2D eigenvalue weighted by molar-refractivity contribution is 5.93. The zero-order valence-electron chi connectivity index (χ0n) is 16.9. The van der Waals surface area contributed by atoms with Crippen molar-refractivity contribution in [1.82, 2.24) is 10.3 Å². The van der Waals surface area contributed by atoms with Gasteiger partial charge in [0.15, 0.2) is 5.96 Å². The molecule has 0 aliphatic rings. The van der Waals surface area contributed by atoms with Crippen molar-refractivity contribution in [3.05, 3.63) is 48.2 Å². The molecule has 0 aliphatic carbocycles. The molecule has 10 heteroatoms. The van der Waals surface area contributed by atoms with E-state index in [2.05, 4.69) is 25.9 Å². The number of rotatable bonds is 10. The number of nitrogens with zero attached hydrogens (tertiary/aromatic N) is 2. The van der Waals surface area contributed by atoms with E-state index in [1.165, 1.54) is 12.3 Å². The molecule has 1 heterocycles. The van der Waals surface area contributed by atoms with Crippen LogP contribution in [0.25, 0.3) is 0 Å². The lowest BCUT2D eigenvalue weighted by atomic mass is 10.2. The zero-order valence-corrected chi connectivity index (χ0v) is 16.9. The Kier molecular flexibility index (Phi) is 9.20. The molecule has 0 saturated carbocycles. The van der Waals surface area contributed by atoms with Gasteiger partial charge in [-0.15, -0.1) is 0 Å². The second kappa shape index (κ2) is 11.9. The molecule has 0 radical (unpaired) electrons. The summed E-state index contributed by atoms with van der Waals surface area (Å²) in [5, 5.41) is 8.85. The van der Waals surface area contributed by atoms with Crippen LogP contribution in [0.2, 0.25) is 0 Å². The number of nitrogens with one attached hydrogen (secondary N) is 3. The Morgan fingerprint density at radius 1 is 1.13 bits per heavy atom. The highest BCUT2D eigenvalue weighted by Gasteiger charge is 2.33. The first kappa shape index (κ1) is 23.3. The molecule has 0 amide bonds. The molecule has 0 bridgehead atoms. The first-order chi connectivity index (χ1) is 14.4. The van der Waals surface area contributed by atoms with E-state index in [1.54, 1.807) is 14.2 Å². The number of aliphatic imine (C=N–C) groups is 1. The van der Waals surface area contributed by atoms with Crippen molar-refractivity contribution in [3.8, 4) is 5.75 Å². The van der Waals surface area contributed by atoms with Crippen molar-refractivity contribution < 1.29 is 22.6 Å². The van der Waals surface area contributed by atoms with Crippen molar-refractivity contribution in [1.29, 1.82) is 0 Å². The van der Waals surface area contributed by atoms with E-state index in [-0.39, 0.29) is 12.4 Å². The summed E-state index contributed by atoms with van der Waals surface area (Å²) in [6.45, 7) is 1.74. The number of guanidine groups is 1. The zero-order chi connectivity index (χ0) is 21.8. The van der Waals surface area contributed by atoms with Crippen LogP contribution in [0.15, 0.2) is 47.6 Å². The normalized spacial score (nSPS) is 11.8. The maximum atomic E-state index is 13.0. The minimum absolute atomic E-state index is 0.201. The van der Waals surface area contributed by atoms with Crippen LogP contribution in [0.3, 0.4) is 0 Å². The van der Waals surface area contributed by atoms with Crippen LogP contribution in [0.4, 0.5) is 24.7 Å². The molecule has 30 heavy (non-hydrogen) atoms. The first-order valence-corrected chi connectivity index (χ1v) is 9.39. The van der Waals surface area contributed by atoms with Gasteiger partial charge < -0.3 is 25.4 Å². The first-order valence-electron chi connectivity index (χ1n) is 9.39. The summed E-state index contributed by atoms with van der Waals surface area (Å²) < 4.78 is 49.6. The van der Waals surface area contributed by atoms with Crippen LogP contribution in [0.5, 0.6) is 5.75 Å². The lowest BCUT2D eigenvalue weighted by molar-refractivity contribution is -0.137. The van der Waals surface area contributed by atoms with E-state index in [0.717, 1.165) is 18.2 Å². The molecular formula is C20H26F3N5O2. The van der Waals surface area contributed by atoms with Crippen LogP contribution >= 0.6 is 0 Å². The summed E-state index contributed by atoms with van der Waals surface area (Å²) in [5.74, 6) is 0.988. The fourth-order valence-corrected chi connectivity index (χ4v) is 2.51. The average Bonchev–Trinajstić information content (AvgIpc) is 2.73. The van der Waals surface area contributed by atoms with Crippen LogP contribution in [0, 0.1) is 0 Å². The van der Waals surface area contributed by atoms with Crippen molar-refractivity contribution in [2.45, 2.75) is 12.6 Å². The summed E-state index contributed by atoms with van der Waals surface area (Å²) in [5.41, 5.74) is -0.0285. The van der Waals surface area contributed by atoms with Gasteiger partial charge in [-0.25, -0.2) is 4.98 Å². The van der Waals surface area contributed by atoms with Gasteiger partial charge in [0.1, 0.15) is 11.6 Å². The lowest BCUT2D eigenvalue weighted by Crippen LogP contribution is -2.34. The van der Waals surface area contributed by atoms with E-state index in [0.29, 0.717) is 31.5 Å². The van der Waals surface area contributed by atoms with Gasteiger partial charge in [0.05, 0.1) is 12.2 Å². The largest absolute Gasteiger partial charge is 0.493 e. The van der Waals surface area contributed by atoms with Crippen LogP contribution in [0.1, 0.15) is 12.0 Å². The lowest BCUT2D eigenvalue weighted by Gasteiger charge is -2.15. The number of methoxy groups -OCH3 is 1. The summed E-state index contributed by atoms with van der Waals surface area (Å²) in [6.07, 6.45) is -2.36. The molecule has 0 aliphatic heterocycles. The number of halogens is 3. The fraction of sp³-hybridized carbons (Fsp3) is 0.400. The Bertz CT molecular complexity index is 815. The topological polar surface area (TPSA) is 79.8 Å². The molecule has 0 saturated heterocycles. The summed E-state index contributed by atoms with van der Waals surface area (Å²) in [4.78, 5) is 7.88. The molecule has 0 atom stereocenters. The Morgan fingerprint density at radius 3 is 2.70 bits per heavy atom. The van der Waals surface area contributed by atoms with Gasteiger partial charge in [-0.05, 0) is 24.3 Å². The number of aromatic nitrogens is 1. The second-order valence-corrected chi connectivity index (χ2v) is 6.17. The predicted molar refractivity (Wildman–Crippen MR) is 111 cm³/mol. The van der Waals surface area contributed by atoms with Gasteiger partial charge in [-0.1, -0.05) is 6.07 Å². The molecule has 3 N–H and O–H groups in total. The molecule has 1 aromatic carbocycles. The SMILES string of the molecule is CN=C(NCCNc1ncccc1C(F)(F)F)Nc1cccc(OCCCOC)c1. The van der Waals surface area contributed by atoms with Gasteiger partial charge in [0.25, 0.3) is 0 Å². The quantitative estimate of drug-likeness (QED) is 0.307. The predicted octanol–water partition coefficient (Wildman–Crippen LogP) is 3.62. The molecular weight excluding hydrogens is 399 g/mol. The van der Waals surface area contributed by atoms with Crippen LogP contribution in [-0.2, 0) is 10.9 Å². The maximum absolute atomic E-state index is 13.0. The highest BCUT2D eigenvalue weighted by Crippen LogP contribution is 2.33. The third kappa shape index (κ3) is 7.78. The standard InChI is InChI=1S/C20H26F3N5O2/c1-24-19(28-15-6-3-7-16(14-15)30-13-5-12-29-2)27-11-10-26-18-17(20(21,22)23)8-4-9-25-18/h3-4,6-9,14H,5,10-13H2,1-2H3,(H,25,26)(H2,24,27,28). The van der Waals surface area contributed by atoms with Gasteiger partial charge in [0.2, 0.25) is 0 Å². The molecule has 1 aromatic heterocycles. The van der Waals surface area contributed by atoms with Crippen molar-refractivity contribution in [2.75, 3.05) is 51.1 Å².